The normalized spacial score (nSPS) is 11.7. The van der Waals surface area contributed by atoms with Crippen molar-refractivity contribution in [1.82, 2.24) is 0 Å². The number of alkyl halides is 2. The van der Waals surface area contributed by atoms with E-state index in [4.69, 9.17) is 0 Å². The van der Waals surface area contributed by atoms with Crippen molar-refractivity contribution in [2.24, 2.45) is 0 Å². The maximum Gasteiger partial charge on any atom is 0.0154 e. The van der Waals surface area contributed by atoms with Gasteiger partial charge in [0.05, 0.1) is 0 Å². The fourth-order valence-corrected chi connectivity index (χ4v) is 4.29. The molecule has 0 aromatic heterocycles. The van der Waals surface area contributed by atoms with Crippen LogP contribution in [0.25, 0.3) is 0 Å². The van der Waals surface area contributed by atoms with Crippen molar-refractivity contribution in [3.8, 4) is 0 Å². The molecule has 0 radical (unpaired) electrons. The monoisotopic (exact) mass is 350 g/mol. The second kappa shape index (κ2) is 6.97. The maximum absolute atomic E-state index is 3.66. The summed E-state index contributed by atoms with van der Waals surface area (Å²) < 4.78 is 0. The Bertz CT molecular complexity index is 270. The molecule has 3 heteroatoms. The number of halogens is 2. The minimum Gasteiger partial charge on any atom is -0.165 e. The van der Waals surface area contributed by atoms with E-state index in [-0.39, 0.29) is 5.41 Å². The second-order valence-corrected chi connectivity index (χ2v) is 5.76. The van der Waals surface area contributed by atoms with Crippen LogP contribution in [0.2, 0.25) is 0 Å². The molecule has 1 aromatic rings. The van der Waals surface area contributed by atoms with Crippen LogP contribution in [0.3, 0.4) is 0 Å². The molecule has 0 unspecified atom stereocenters. The molecule has 0 aliphatic heterocycles. The van der Waals surface area contributed by atoms with E-state index in [1.165, 1.54) is 17.7 Å². The summed E-state index contributed by atoms with van der Waals surface area (Å²) in [4.78, 5) is 0. The first-order valence-corrected chi connectivity index (χ1v) is 8.59. The van der Waals surface area contributed by atoms with Crippen LogP contribution in [0.5, 0.6) is 0 Å². The van der Waals surface area contributed by atoms with Crippen LogP contribution in [-0.2, 0) is 5.41 Å². The highest BCUT2D eigenvalue weighted by atomic mass is 79.9. The molecular weight excluding hydrogens is 336 g/mol. The Labute approximate surface area is 113 Å². The zero-order valence-electron chi connectivity index (χ0n) is 8.88. The molecule has 0 aliphatic rings. The van der Waals surface area contributed by atoms with Crippen molar-refractivity contribution in [3.05, 3.63) is 35.9 Å². The summed E-state index contributed by atoms with van der Waals surface area (Å²) in [5.41, 5.74) is 1.66. The predicted molar refractivity (Wildman–Crippen MR) is 78.7 cm³/mol. The van der Waals surface area contributed by atoms with Crippen LogP contribution in [0.4, 0.5) is 0 Å². The molecule has 0 fully saturated rings. The minimum absolute atomic E-state index is 0.240. The van der Waals surface area contributed by atoms with Gasteiger partial charge in [-0.25, -0.2) is 0 Å². The minimum atomic E-state index is 0.240. The average Bonchev–Trinajstić information content (AvgIpc) is 2.33. The van der Waals surface area contributed by atoms with E-state index in [1.54, 1.807) is 0 Å². The highest BCUT2D eigenvalue weighted by Crippen LogP contribution is 2.33. The smallest absolute Gasteiger partial charge is 0.0154 e. The van der Waals surface area contributed by atoms with E-state index >= 15 is 0 Å². The van der Waals surface area contributed by atoms with Gasteiger partial charge in [0, 0.05) is 16.1 Å². The van der Waals surface area contributed by atoms with E-state index in [1.807, 2.05) is 11.8 Å². The molecule has 0 saturated carbocycles. The number of thioether (sulfide) groups is 1. The van der Waals surface area contributed by atoms with Crippen LogP contribution in [-0.4, -0.2) is 22.7 Å². The summed E-state index contributed by atoms with van der Waals surface area (Å²) in [7, 11) is 0. The molecular formula is C12H16Br2S. The first kappa shape index (κ1) is 13.6. The molecule has 1 rings (SSSR count). The zero-order valence-corrected chi connectivity index (χ0v) is 12.9. The quantitative estimate of drug-likeness (QED) is 0.681. The van der Waals surface area contributed by atoms with Crippen LogP contribution < -0.4 is 0 Å². The van der Waals surface area contributed by atoms with Gasteiger partial charge in [-0.05, 0) is 24.0 Å². The number of benzene rings is 1. The Kier molecular flexibility index (Phi) is 6.32. The van der Waals surface area contributed by atoms with Gasteiger partial charge in [-0.2, -0.15) is 11.8 Å². The van der Waals surface area contributed by atoms with Gasteiger partial charge in [0.15, 0.2) is 0 Å². The van der Waals surface area contributed by atoms with Crippen LogP contribution in [0, 0.1) is 0 Å². The van der Waals surface area contributed by atoms with Crippen LogP contribution in [0.15, 0.2) is 30.3 Å². The fraction of sp³-hybridized carbons (Fsp3) is 0.500. The van der Waals surface area contributed by atoms with E-state index < -0.39 is 0 Å². The Morgan fingerprint density at radius 1 is 1.13 bits per heavy atom. The summed E-state index contributed by atoms with van der Waals surface area (Å²) in [6, 6.07) is 10.8. The summed E-state index contributed by atoms with van der Waals surface area (Å²) >= 11 is 9.23. The standard InChI is InChI=1S/C12H16Br2S/c1-15-8-7-12(9-13,10-14)11-5-3-2-4-6-11/h2-6H,7-10H2,1H3. The first-order valence-electron chi connectivity index (χ1n) is 4.95. The van der Waals surface area contributed by atoms with E-state index in [0.717, 1.165) is 10.7 Å². The SMILES string of the molecule is CSCCC(CBr)(CBr)c1ccccc1. The molecule has 1 aromatic carbocycles. The molecule has 0 nitrogen and oxygen atoms in total. The molecule has 0 N–H and O–H groups in total. The fourth-order valence-electron chi connectivity index (χ4n) is 1.56. The molecule has 0 atom stereocenters. The third kappa shape index (κ3) is 3.50. The predicted octanol–water partition coefficient (Wildman–Crippen LogP) is 4.47. The van der Waals surface area contributed by atoms with Gasteiger partial charge < -0.3 is 0 Å². The van der Waals surface area contributed by atoms with E-state index in [9.17, 15) is 0 Å². The first-order chi connectivity index (χ1) is 7.29. The molecule has 0 aliphatic carbocycles. The molecule has 0 saturated heterocycles. The summed E-state index contributed by atoms with van der Waals surface area (Å²) in [6.45, 7) is 0. The van der Waals surface area contributed by atoms with Gasteiger partial charge in [-0.15, -0.1) is 0 Å². The molecule has 0 spiro atoms. The molecule has 0 bridgehead atoms. The largest absolute Gasteiger partial charge is 0.165 e. The third-order valence-electron chi connectivity index (χ3n) is 2.68. The second-order valence-electron chi connectivity index (χ2n) is 3.66. The van der Waals surface area contributed by atoms with Crippen molar-refractivity contribution >= 4 is 43.6 Å². The van der Waals surface area contributed by atoms with Gasteiger partial charge in [0.25, 0.3) is 0 Å². The van der Waals surface area contributed by atoms with Crippen LogP contribution >= 0.6 is 43.6 Å². The van der Waals surface area contributed by atoms with E-state index in [2.05, 4.69) is 68.4 Å². The number of hydrogen-bond acceptors (Lipinski definition) is 1. The lowest BCUT2D eigenvalue weighted by molar-refractivity contribution is 0.539. The molecule has 15 heavy (non-hydrogen) atoms. The Morgan fingerprint density at radius 2 is 1.73 bits per heavy atom. The average molecular weight is 352 g/mol. The highest BCUT2D eigenvalue weighted by molar-refractivity contribution is 9.09. The van der Waals surface area contributed by atoms with Gasteiger partial charge in [0.2, 0.25) is 0 Å². The highest BCUT2D eigenvalue weighted by Gasteiger charge is 2.29. The Morgan fingerprint density at radius 3 is 2.20 bits per heavy atom. The molecule has 0 amide bonds. The molecule has 84 valence electrons. The van der Waals surface area contributed by atoms with Gasteiger partial charge in [-0.3, -0.25) is 0 Å². The number of rotatable bonds is 6. The number of hydrogen-bond donors (Lipinski definition) is 0. The molecule has 0 heterocycles. The topological polar surface area (TPSA) is 0 Å². The van der Waals surface area contributed by atoms with Crippen molar-refractivity contribution < 1.29 is 0 Å². The summed E-state index contributed by atoms with van der Waals surface area (Å²) in [6.07, 6.45) is 3.37. The third-order valence-corrected chi connectivity index (χ3v) is 5.44. The van der Waals surface area contributed by atoms with E-state index in [0.29, 0.717) is 0 Å². The van der Waals surface area contributed by atoms with Gasteiger partial charge >= 0.3 is 0 Å². The van der Waals surface area contributed by atoms with Crippen molar-refractivity contribution in [1.29, 1.82) is 0 Å². The Balaban J connectivity index is 2.89. The van der Waals surface area contributed by atoms with Gasteiger partial charge in [-0.1, -0.05) is 62.2 Å². The lowest BCUT2D eigenvalue weighted by atomic mass is 9.82. The summed E-state index contributed by atoms with van der Waals surface area (Å²) in [5.74, 6) is 1.20. The Hall–Kier alpha value is 0.530. The lowest BCUT2D eigenvalue weighted by Crippen LogP contribution is -2.30. The summed E-state index contributed by atoms with van der Waals surface area (Å²) in [5, 5.41) is 2.02. The van der Waals surface area contributed by atoms with Crippen molar-refractivity contribution in [3.63, 3.8) is 0 Å². The maximum atomic E-state index is 3.66. The van der Waals surface area contributed by atoms with Crippen molar-refractivity contribution in [2.45, 2.75) is 11.8 Å². The van der Waals surface area contributed by atoms with Crippen LogP contribution in [0.1, 0.15) is 12.0 Å². The van der Waals surface area contributed by atoms with Gasteiger partial charge in [0.1, 0.15) is 0 Å². The zero-order chi connectivity index (χ0) is 11.1. The lowest BCUT2D eigenvalue weighted by Gasteiger charge is -2.30. The van der Waals surface area contributed by atoms with Crippen molar-refractivity contribution in [2.75, 3.05) is 22.7 Å².